The molecule has 0 amide bonds. The molecule has 0 aliphatic heterocycles. The van der Waals surface area contributed by atoms with Crippen LogP contribution in [0.15, 0.2) is 45.7 Å². The van der Waals surface area contributed by atoms with E-state index in [1.54, 1.807) is 18.2 Å². The number of carbonyl (C=O) groups is 1. The molecule has 0 aliphatic rings. The van der Waals surface area contributed by atoms with Gasteiger partial charge in [-0.2, -0.15) is 0 Å². The zero-order chi connectivity index (χ0) is 15.5. The third kappa shape index (κ3) is 3.83. The van der Waals surface area contributed by atoms with E-state index in [1.165, 1.54) is 25.3 Å². The Morgan fingerprint density at radius 1 is 1.33 bits per heavy atom. The Morgan fingerprint density at radius 2 is 2.10 bits per heavy atom. The summed E-state index contributed by atoms with van der Waals surface area (Å²) >= 11 is 0. The van der Waals surface area contributed by atoms with Crippen molar-refractivity contribution < 1.29 is 22.4 Å². The van der Waals surface area contributed by atoms with Gasteiger partial charge in [-0.15, -0.1) is 0 Å². The zero-order valence-corrected chi connectivity index (χ0v) is 12.0. The minimum Gasteiger partial charge on any atom is -0.463 e. The number of anilines is 1. The second kappa shape index (κ2) is 5.98. The lowest BCUT2D eigenvalue weighted by molar-refractivity contribution is 0.0563. The molecule has 7 nitrogen and oxygen atoms in total. The lowest BCUT2D eigenvalue weighted by atomic mass is 10.3. The summed E-state index contributed by atoms with van der Waals surface area (Å²) in [6.07, 6.45) is 0. The van der Waals surface area contributed by atoms with Crippen LogP contribution in [0.1, 0.15) is 16.3 Å². The van der Waals surface area contributed by atoms with Crippen LogP contribution in [0.5, 0.6) is 0 Å². The number of carbonyl (C=O) groups excluding carboxylic acids is 1. The highest BCUT2D eigenvalue weighted by Gasteiger charge is 2.11. The van der Waals surface area contributed by atoms with Gasteiger partial charge in [-0.05, 0) is 30.3 Å². The van der Waals surface area contributed by atoms with E-state index in [1.807, 2.05) is 0 Å². The fourth-order valence-electron chi connectivity index (χ4n) is 1.66. The summed E-state index contributed by atoms with van der Waals surface area (Å²) in [5, 5.41) is 8.04. The van der Waals surface area contributed by atoms with Crippen LogP contribution < -0.4 is 10.5 Å². The zero-order valence-electron chi connectivity index (χ0n) is 11.2. The van der Waals surface area contributed by atoms with Gasteiger partial charge >= 0.3 is 5.97 Å². The van der Waals surface area contributed by atoms with E-state index in [0.29, 0.717) is 11.4 Å². The predicted octanol–water partition coefficient (Wildman–Crippen LogP) is 1.33. The molecule has 0 radical (unpaired) electrons. The molecule has 2 aromatic rings. The van der Waals surface area contributed by atoms with Crippen molar-refractivity contribution in [1.82, 2.24) is 0 Å². The lowest BCUT2D eigenvalue weighted by Gasteiger charge is -2.06. The molecule has 0 spiro atoms. The average molecular weight is 310 g/mol. The fourth-order valence-corrected chi connectivity index (χ4v) is 2.21. The van der Waals surface area contributed by atoms with Crippen LogP contribution in [0, 0.1) is 0 Å². The summed E-state index contributed by atoms with van der Waals surface area (Å²) < 4.78 is 32.3. The first-order valence-electron chi connectivity index (χ1n) is 5.94. The monoisotopic (exact) mass is 310 g/mol. The van der Waals surface area contributed by atoms with Crippen molar-refractivity contribution in [1.29, 1.82) is 0 Å². The number of rotatable bonds is 5. The molecular weight excluding hydrogens is 296 g/mol. The highest BCUT2D eigenvalue weighted by molar-refractivity contribution is 7.89. The van der Waals surface area contributed by atoms with Crippen molar-refractivity contribution >= 4 is 21.7 Å². The third-order valence-corrected chi connectivity index (χ3v) is 3.59. The van der Waals surface area contributed by atoms with Gasteiger partial charge in [0.2, 0.25) is 15.8 Å². The topological polar surface area (TPSA) is 112 Å². The normalized spacial score (nSPS) is 11.1. The van der Waals surface area contributed by atoms with E-state index >= 15 is 0 Å². The molecule has 0 saturated heterocycles. The summed E-state index contributed by atoms with van der Waals surface area (Å²) in [4.78, 5) is 11.3. The molecule has 0 saturated carbocycles. The Labute approximate surface area is 121 Å². The largest absolute Gasteiger partial charge is 0.463 e. The van der Waals surface area contributed by atoms with E-state index in [0.717, 1.165) is 0 Å². The highest BCUT2D eigenvalue weighted by Crippen LogP contribution is 2.16. The van der Waals surface area contributed by atoms with Gasteiger partial charge < -0.3 is 14.5 Å². The molecule has 0 bridgehead atoms. The summed E-state index contributed by atoms with van der Waals surface area (Å²) in [6.45, 7) is 0.283. The van der Waals surface area contributed by atoms with Crippen LogP contribution in [-0.2, 0) is 21.3 Å². The van der Waals surface area contributed by atoms with Crippen molar-refractivity contribution in [2.75, 3.05) is 12.4 Å². The molecule has 3 N–H and O–H groups in total. The fraction of sp³-hybridized carbons (Fsp3) is 0.154. The molecule has 112 valence electrons. The first-order chi connectivity index (χ1) is 9.90. The SMILES string of the molecule is COC(=O)c1ccc(CNc2cccc(S(N)(=O)=O)c2)o1. The number of furan rings is 1. The second-order valence-corrected chi connectivity index (χ2v) is 5.75. The molecule has 0 aliphatic carbocycles. The summed E-state index contributed by atoms with van der Waals surface area (Å²) in [6, 6.07) is 9.22. The summed E-state index contributed by atoms with van der Waals surface area (Å²) in [5.74, 6) is 0.0569. The standard InChI is InChI=1S/C13H14N2O5S/c1-19-13(16)12-6-5-10(20-12)8-15-9-3-2-4-11(7-9)21(14,17)18/h2-7,15H,8H2,1H3,(H2,14,17,18). The predicted molar refractivity (Wildman–Crippen MR) is 75.2 cm³/mol. The van der Waals surface area contributed by atoms with Crippen molar-refractivity contribution in [3.05, 3.63) is 47.9 Å². The number of sulfonamides is 1. The van der Waals surface area contributed by atoms with E-state index in [4.69, 9.17) is 9.56 Å². The molecule has 1 aromatic carbocycles. The molecular formula is C13H14N2O5S. The number of primary sulfonamides is 1. The maximum absolute atomic E-state index is 11.3. The van der Waals surface area contributed by atoms with E-state index in [2.05, 4.69) is 10.1 Å². The molecule has 1 heterocycles. The minimum absolute atomic E-state index is 0.0159. The molecule has 0 atom stereocenters. The van der Waals surface area contributed by atoms with Gasteiger partial charge in [-0.3, -0.25) is 0 Å². The molecule has 8 heteroatoms. The van der Waals surface area contributed by atoms with Crippen LogP contribution in [0.2, 0.25) is 0 Å². The number of nitrogens with two attached hydrogens (primary N) is 1. The summed E-state index contributed by atoms with van der Waals surface area (Å²) in [7, 11) is -2.48. The van der Waals surface area contributed by atoms with E-state index in [-0.39, 0.29) is 17.2 Å². The number of esters is 1. The van der Waals surface area contributed by atoms with Gasteiger partial charge in [0.25, 0.3) is 0 Å². The van der Waals surface area contributed by atoms with Gasteiger partial charge in [0.05, 0.1) is 18.6 Å². The molecule has 2 rings (SSSR count). The number of methoxy groups -OCH3 is 1. The Morgan fingerprint density at radius 3 is 2.76 bits per heavy atom. The van der Waals surface area contributed by atoms with Crippen LogP contribution in [0.4, 0.5) is 5.69 Å². The Bertz CT molecular complexity index is 751. The highest BCUT2D eigenvalue weighted by atomic mass is 32.2. The van der Waals surface area contributed by atoms with Gasteiger partial charge in [0, 0.05) is 5.69 Å². The maximum Gasteiger partial charge on any atom is 0.373 e. The van der Waals surface area contributed by atoms with Gasteiger partial charge in [-0.1, -0.05) is 6.07 Å². The Hall–Kier alpha value is -2.32. The number of hydrogen-bond donors (Lipinski definition) is 2. The van der Waals surface area contributed by atoms with E-state index in [9.17, 15) is 13.2 Å². The quantitative estimate of drug-likeness (QED) is 0.806. The number of hydrogen-bond acceptors (Lipinski definition) is 6. The summed E-state index contributed by atoms with van der Waals surface area (Å²) in [5.41, 5.74) is 0.567. The smallest absolute Gasteiger partial charge is 0.373 e. The Balaban J connectivity index is 2.07. The second-order valence-electron chi connectivity index (χ2n) is 4.18. The van der Waals surface area contributed by atoms with Crippen LogP contribution in [-0.4, -0.2) is 21.5 Å². The molecule has 1 aromatic heterocycles. The molecule has 0 fully saturated rings. The van der Waals surface area contributed by atoms with Crippen molar-refractivity contribution in [2.24, 2.45) is 5.14 Å². The van der Waals surface area contributed by atoms with Gasteiger partial charge in [0.1, 0.15) is 5.76 Å². The van der Waals surface area contributed by atoms with Crippen molar-refractivity contribution in [3.8, 4) is 0 Å². The van der Waals surface area contributed by atoms with Crippen LogP contribution in [0.3, 0.4) is 0 Å². The number of nitrogens with one attached hydrogen (secondary N) is 1. The third-order valence-electron chi connectivity index (χ3n) is 2.68. The molecule has 21 heavy (non-hydrogen) atoms. The van der Waals surface area contributed by atoms with Gasteiger partial charge in [-0.25, -0.2) is 18.4 Å². The lowest BCUT2D eigenvalue weighted by Crippen LogP contribution is -2.12. The number of benzene rings is 1. The molecule has 0 unspecified atom stereocenters. The van der Waals surface area contributed by atoms with E-state index < -0.39 is 16.0 Å². The first-order valence-corrected chi connectivity index (χ1v) is 7.48. The first kappa shape index (κ1) is 15.1. The minimum atomic E-state index is -3.74. The average Bonchev–Trinajstić information content (AvgIpc) is 2.92. The van der Waals surface area contributed by atoms with Crippen molar-refractivity contribution in [2.45, 2.75) is 11.4 Å². The van der Waals surface area contributed by atoms with Crippen molar-refractivity contribution in [3.63, 3.8) is 0 Å². The number of ether oxygens (including phenoxy) is 1. The maximum atomic E-state index is 11.3. The van der Waals surface area contributed by atoms with Crippen LogP contribution >= 0.6 is 0 Å². The van der Waals surface area contributed by atoms with Crippen LogP contribution in [0.25, 0.3) is 0 Å². The van der Waals surface area contributed by atoms with Gasteiger partial charge in [0.15, 0.2) is 0 Å². The Kier molecular flexibility index (Phi) is 4.29.